The SMILES string of the molecule is COc1ccc(OC)c(CCC(=O)NCCc2cccc3ccccc23)c1. The fraction of sp³-hybridized carbons (Fsp3) is 0.261. The summed E-state index contributed by atoms with van der Waals surface area (Å²) in [4.78, 5) is 12.2. The number of benzene rings is 3. The standard InChI is InChI=1S/C23H25NO3/c1-26-20-11-12-22(27-2)19(16-20)10-13-23(25)24-15-14-18-8-5-7-17-6-3-4-9-21(17)18/h3-9,11-12,16H,10,13-15H2,1-2H3,(H,24,25). The van der Waals surface area contributed by atoms with Crippen molar-refractivity contribution in [2.45, 2.75) is 19.3 Å². The average Bonchev–Trinajstić information content (AvgIpc) is 2.72. The fourth-order valence-corrected chi connectivity index (χ4v) is 3.26. The van der Waals surface area contributed by atoms with Crippen LogP contribution in [0.25, 0.3) is 10.8 Å². The molecule has 0 radical (unpaired) electrons. The lowest BCUT2D eigenvalue weighted by Gasteiger charge is -2.11. The predicted molar refractivity (Wildman–Crippen MR) is 109 cm³/mol. The van der Waals surface area contributed by atoms with Crippen molar-refractivity contribution in [1.29, 1.82) is 0 Å². The van der Waals surface area contributed by atoms with E-state index < -0.39 is 0 Å². The number of aryl methyl sites for hydroxylation is 1. The average molecular weight is 363 g/mol. The van der Waals surface area contributed by atoms with Crippen LogP contribution in [-0.2, 0) is 17.6 Å². The topological polar surface area (TPSA) is 47.6 Å². The second-order valence-electron chi connectivity index (χ2n) is 6.42. The van der Waals surface area contributed by atoms with Gasteiger partial charge in [-0.2, -0.15) is 0 Å². The zero-order valence-corrected chi connectivity index (χ0v) is 15.8. The highest BCUT2D eigenvalue weighted by Gasteiger charge is 2.08. The summed E-state index contributed by atoms with van der Waals surface area (Å²) in [5.41, 5.74) is 2.23. The van der Waals surface area contributed by atoms with Crippen molar-refractivity contribution in [1.82, 2.24) is 5.32 Å². The van der Waals surface area contributed by atoms with Crippen LogP contribution in [0.2, 0.25) is 0 Å². The predicted octanol–water partition coefficient (Wildman–Crippen LogP) is 4.15. The van der Waals surface area contributed by atoms with Gasteiger partial charge in [-0.25, -0.2) is 0 Å². The number of ether oxygens (including phenoxy) is 2. The van der Waals surface area contributed by atoms with Gasteiger partial charge < -0.3 is 14.8 Å². The molecule has 0 unspecified atom stereocenters. The van der Waals surface area contributed by atoms with Gasteiger partial charge in [0.2, 0.25) is 5.91 Å². The number of methoxy groups -OCH3 is 2. The first-order chi connectivity index (χ1) is 13.2. The summed E-state index contributed by atoms with van der Waals surface area (Å²) in [6, 6.07) is 20.3. The van der Waals surface area contributed by atoms with E-state index in [9.17, 15) is 4.79 Å². The zero-order chi connectivity index (χ0) is 19.1. The lowest BCUT2D eigenvalue weighted by atomic mass is 10.0. The molecule has 4 heteroatoms. The Balaban J connectivity index is 1.53. The van der Waals surface area contributed by atoms with E-state index in [-0.39, 0.29) is 5.91 Å². The van der Waals surface area contributed by atoms with E-state index in [4.69, 9.17) is 9.47 Å². The van der Waals surface area contributed by atoms with Gasteiger partial charge in [-0.3, -0.25) is 4.79 Å². The normalized spacial score (nSPS) is 10.6. The van der Waals surface area contributed by atoms with Crippen LogP contribution in [-0.4, -0.2) is 26.7 Å². The van der Waals surface area contributed by atoms with Crippen LogP contribution in [0.15, 0.2) is 60.7 Å². The minimum absolute atomic E-state index is 0.0418. The van der Waals surface area contributed by atoms with Gasteiger partial charge in [0, 0.05) is 13.0 Å². The molecular weight excluding hydrogens is 338 g/mol. The van der Waals surface area contributed by atoms with Crippen molar-refractivity contribution in [3.63, 3.8) is 0 Å². The quantitative estimate of drug-likeness (QED) is 0.654. The third-order valence-corrected chi connectivity index (χ3v) is 4.71. The summed E-state index contributed by atoms with van der Waals surface area (Å²) in [5.74, 6) is 1.58. The molecule has 0 spiro atoms. The van der Waals surface area contributed by atoms with E-state index in [0.29, 0.717) is 19.4 Å². The summed E-state index contributed by atoms with van der Waals surface area (Å²) in [6.07, 6.45) is 1.84. The van der Waals surface area contributed by atoms with Crippen LogP contribution in [0.1, 0.15) is 17.5 Å². The minimum Gasteiger partial charge on any atom is -0.497 e. The van der Waals surface area contributed by atoms with Crippen molar-refractivity contribution in [3.05, 3.63) is 71.8 Å². The van der Waals surface area contributed by atoms with Gasteiger partial charge in [-0.1, -0.05) is 42.5 Å². The minimum atomic E-state index is 0.0418. The maximum absolute atomic E-state index is 12.2. The number of carbonyl (C=O) groups is 1. The number of amides is 1. The number of nitrogens with one attached hydrogen (secondary N) is 1. The maximum atomic E-state index is 12.2. The Morgan fingerprint density at radius 2 is 1.70 bits per heavy atom. The molecule has 140 valence electrons. The summed E-state index contributed by atoms with van der Waals surface area (Å²) in [7, 11) is 3.27. The third-order valence-electron chi connectivity index (χ3n) is 4.71. The molecule has 0 aliphatic heterocycles. The van der Waals surface area contributed by atoms with Crippen molar-refractivity contribution < 1.29 is 14.3 Å². The third kappa shape index (κ3) is 4.79. The number of carbonyl (C=O) groups excluding carboxylic acids is 1. The molecule has 0 saturated heterocycles. The molecule has 0 bridgehead atoms. The molecule has 0 aliphatic carbocycles. The van der Waals surface area contributed by atoms with Crippen LogP contribution in [0.3, 0.4) is 0 Å². The molecule has 0 fully saturated rings. The molecule has 4 nitrogen and oxygen atoms in total. The second-order valence-corrected chi connectivity index (χ2v) is 6.42. The van der Waals surface area contributed by atoms with Gasteiger partial charge in [0.25, 0.3) is 0 Å². The molecule has 0 aromatic heterocycles. The van der Waals surface area contributed by atoms with E-state index in [0.717, 1.165) is 23.5 Å². The van der Waals surface area contributed by atoms with Crippen LogP contribution in [0.4, 0.5) is 0 Å². The van der Waals surface area contributed by atoms with Gasteiger partial charge in [0.05, 0.1) is 14.2 Å². The Bertz CT molecular complexity index is 915. The Morgan fingerprint density at radius 3 is 2.52 bits per heavy atom. The number of hydrogen-bond acceptors (Lipinski definition) is 3. The van der Waals surface area contributed by atoms with Crippen molar-refractivity contribution in [3.8, 4) is 11.5 Å². The van der Waals surface area contributed by atoms with Crippen LogP contribution in [0, 0.1) is 0 Å². The largest absolute Gasteiger partial charge is 0.497 e. The number of fused-ring (bicyclic) bond motifs is 1. The summed E-state index contributed by atoms with van der Waals surface area (Å²) in [6.45, 7) is 0.627. The lowest BCUT2D eigenvalue weighted by molar-refractivity contribution is -0.121. The molecule has 3 rings (SSSR count). The van der Waals surface area contributed by atoms with E-state index in [1.807, 2.05) is 30.3 Å². The van der Waals surface area contributed by atoms with Crippen LogP contribution in [0.5, 0.6) is 11.5 Å². The summed E-state index contributed by atoms with van der Waals surface area (Å²) in [5, 5.41) is 5.50. The Kier molecular flexibility index (Phi) is 6.31. The Labute approximate surface area is 160 Å². The number of hydrogen-bond donors (Lipinski definition) is 1. The van der Waals surface area contributed by atoms with Gasteiger partial charge in [-0.15, -0.1) is 0 Å². The maximum Gasteiger partial charge on any atom is 0.220 e. The van der Waals surface area contributed by atoms with E-state index >= 15 is 0 Å². The highest BCUT2D eigenvalue weighted by atomic mass is 16.5. The van der Waals surface area contributed by atoms with Gasteiger partial charge in [0.15, 0.2) is 0 Å². The molecule has 0 heterocycles. The molecule has 1 amide bonds. The van der Waals surface area contributed by atoms with Gasteiger partial charge in [0.1, 0.15) is 11.5 Å². The van der Waals surface area contributed by atoms with Crippen molar-refractivity contribution in [2.75, 3.05) is 20.8 Å². The highest BCUT2D eigenvalue weighted by molar-refractivity contribution is 5.85. The monoisotopic (exact) mass is 363 g/mol. The molecule has 0 atom stereocenters. The van der Waals surface area contributed by atoms with Crippen molar-refractivity contribution in [2.24, 2.45) is 0 Å². The molecule has 3 aromatic rings. The van der Waals surface area contributed by atoms with Crippen molar-refractivity contribution >= 4 is 16.7 Å². The summed E-state index contributed by atoms with van der Waals surface area (Å²) < 4.78 is 10.6. The molecule has 1 N–H and O–H groups in total. The zero-order valence-electron chi connectivity index (χ0n) is 15.8. The van der Waals surface area contributed by atoms with Gasteiger partial charge >= 0.3 is 0 Å². The first kappa shape index (κ1) is 18.8. The first-order valence-corrected chi connectivity index (χ1v) is 9.15. The van der Waals surface area contributed by atoms with E-state index in [1.165, 1.54) is 16.3 Å². The lowest BCUT2D eigenvalue weighted by Crippen LogP contribution is -2.26. The molecule has 27 heavy (non-hydrogen) atoms. The first-order valence-electron chi connectivity index (χ1n) is 9.15. The molecular formula is C23H25NO3. The fourth-order valence-electron chi connectivity index (χ4n) is 3.26. The Hall–Kier alpha value is -3.01. The van der Waals surface area contributed by atoms with Crippen LogP contribution >= 0.6 is 0 Å². The van der Waals surface area contributed by atoms with E-state index in [1.54, 1.807) is 14.2 Å². The molecule has 0 saturated carbocycles. The highest BCUT2D eigenvalue weighted by Crippen LogP contribution is 2.25. The van der Waals surface area contributed by atoms with Gasteiger partial charge in [-0.05, 0) is 52.9 Å². The number of rotatable bonds is 8. The Morgan fingerprint density at radius 1 is 0.889 bits per heavy atom. The molecule has 0 aliphatic rings. The van der Waals surface area contributed by atoms with E-state index in [2.05, 4.69) is 35.6 Å². The molecule has 3 aromatic carbocycles. The smallest absolute Gasteiger partial charge is 0.220 e. The summed E-state index contributed by atoms with van der Waals surface area (Å²) >= 11 is 0. The second kappa shape index (κ2) is 9.08. The van der Waals surface area contributed by atoms with Crippen LogP contribution < -0.4 is 14.8 Å².